The van der Waals surface area contributed by atoms with Gasteiger partial charge < -0.3 is 19.4 Å². The Labute approximate surface area is 175 Å². The van der Waals surface area contributed by atoms with Gasteiger partial charge in [-0.15, -0.1) is 0 Å². The number of nitrogens with zero attached hydrogens (tertiary/aromatic N) is 2. The summed E-state index contributed by atoms with van der Waals surface area (Å²) in [5.41, 5.74) is -0.0174. The van der Waals surface area contributed by atoms with Crippen LogP contribution in [0, 0.1) is 5.82 Å². The lowest BCUT2D eigenvalue weighted by Gasteiger charge is -2.26. The first-order valence-electron chi connectivity index (χ1n) is 9.23. The van der Waals surface area contributed by atoms with Crippen molar-refractivity contribution in [1.29, 1.82) is 0 Å². The van der Waals surface area contributed by atoms with E-state index in [-0.39, 0.29) is 10.6 Å². The fraction of sp³-hybridized carbons (Fsp3) is 0.250. The van der Waals surface area contributed by atoms with Crippen LogP contribution in [0.3, 0.4) is 0 Å². The molecule has 0 unspecified atom stereocenters. The second-order valence-corrected chi connectivity index (χ2v) is 7.56. The summed E-state index contributed by atoms with van der Waals surface area (Å²) in [6.07, 6.45) is 1.48. The molecule has 30 heavy (non-hydrogen) atoms. The van der Waals surface area contributed by atoms with Crippen LogP contribution in [0.4, 0.5) is 20.8 Å². The first-order valence-corrected chi connectivity index (χ1v) is 10.1. The minimum absolute atomic E-state index is 0.0174. The molecule has 10 heteroatoms. The Bertz CT molecular complexity index is 1020. The molecule has 2 aliphatic heterocycles. The molecular formula is C20H18FN3O5S. The molecule has 3 heterocycles. The normalized spacial score (nSPS) is 18.4. The Hall–Kier alpha value is -3.11. The Morgan fingerprint density at radius 2 is 1.93 bits per heavy atom. The molecule has 156 valence electrons. The van der Waals surface area contributed by atoms with Crippen LogP contribution >= 0.6 is 11.8 Å². The molecule has 0 saturated carbocycles. The lowest BCUT2D eigenvalue weighted by Crippen LogP contribution is -2.36. The van der Waals surface area contributed by atoms with Crippen LogP contribution in [-0.4, -0.2) is 54.8 Å². The third kappa shape index (κ3) is 4.39. The third-order valence-corrected chi connectivity index (χ3v) is 5.44. The summed E-state index contributed by atoms with van der Waals surface area (Å²) in [5.74, 6) is -0.783. The van der Waals surface area contributed by atoms with Gasteiger partial charge in [0.2, 0.25) is 5.91 Å². The summed E-state index contributed by atoms with van der Waals surface area (Å²) in [6, 6.07) is 9.16. The van der Waals surface area contributed by atoms with Gasteiger partial charge in [-0.3, -0.25) is 19.3 Å². The Morgan fingerprint density at radius 3 is 2.70 bits per heavy atom. The quantitative estimate of drug-likeness (QED) is 0.728. The maximum atomic E-state index is 13.7. The Kier molecular flexibility index (Phi) is 5.86. The van der Waals surface area contributed by atoms with Crippen molar-refractivity contribution in [2.45, 2.75) is 0 Å². The molecule has 3 amide bonds. The van der Waals surface area contributed by atoms with Gasteiger partial charge in [0.05, 0.1) is 23.8 Å². The van der Waals surface area contributed by atoms with Crippen molar-refractivity contribution in [3.8, 4) is 0 Å². The van der Waals surface area contributed by atoms with E-state index in [1.807, 2.05) is 4.90 Å². The largest absolute Gasteiger partial charge is 0.441 e. The van der Waals surface area contributed by atoms with E-state index in [4.69, 9.17) is 9.15 Å². The molecule has 0 radical (unpaired) electrons. The van der Waals surface area contributed by atoms with Crippen molar-refractivity contribution in [3.05, 3.63) is 52.9 Å². The molecule has 0 atom stereocenters. The lowest BCUT2D eigenvalue weighted by atomic mass is 10.3. The third-order valence-electron chi connectivity index (χ3n) is 4.53. The highest BCUT2D eigenvalue weighted by molar-refractivity contribution is 8.18. The number of imide groups is 1. The monoisotopic (exact) mass is 431 g/mol. The minimum Gasteiger partial charge on any atom is -0.441 e. The van der Waals surface area contributed by atoms with E-state index in [1.165, 1.54) is 24.3 Å². The SMILES string of the molecule is O=C(CN1C(=O)S/C(=C\c2ccc(N3CCOCC3)o2)C1=O)Nc1ccccc1F. The lowest BCUT2D eigenvalue weighted by molar-refractivity contribution is -0.127. The number of thioether (sulfide) groups is 1. The van der Waals surface area contributed by atoms with E-state index in [9.17, 15) is 18.8 Å². The molecule has 8 nitrogen and oxygen atoms in total. The van der Waals surface area contributed by atoms with E-state index in [1.54, 1.807) is 18.2 Å². The van der Waals surface area contributed by atoms with Gasteiger partial charge in [-0.2, -0.15) is 0 Å². The summed E-state index contributed by atoms with van der Waals surface area (Å²) in [5, 5.41) is 1.79. The number of nitrogens with one attached hydrogen (secondary N) is 1. The Balaban J connectivity index is 1.41. The molecule has 1 aromatic carbocycles. The summed E-state index contributed by atoms with van der Waals surface area (Å²) < 4.78 is 24.7. The number of furan rings is 1. The zero-order valence-corrected chi connectivity index (χ0v) is 16.6. The molecule has 2 aromatic rings. The molecule has 1 N–H and O–H groups in total. The van der Waals surface area contributed by atoms with Gasteiger partial charge in [0.1, 0.15) is 18.1 Å². The van der Waals surface area contributed by atoms with Gasteiger partial charge in [0.25, 0.3) is 11.1 Å². The molecular weight excluding hydrogens is 413 g/mol. The van der Waals surface area contributed by atoms with Crippen LogP contribution in [0.15, 0.2) is 45.7 Å². The predicted octanol–water partition coefficient (Wildman–Crippen LogP) is 2.93. The molecule has 0 spiro atoms. The van der Waals surface area contributed by atoms with Gasteiger partial charge in [0.15, 0.2) is 5.88 Å². The number of hydrogen-bond donors (Lipinski definition) is 1. The second-order valence-electron chi connectivity index (χ2n) is 6.57. The summed E-state index contributed by atoms with van der Waals surface area (Å²) >= 11 is 0.724. The highest BCUT2D eigenvalue weighted by atomic mass is 32.2. The molecule has 1 aromatic heterocycles. The zero-order chi connectivity index (χ0) is 21.1. The average molecular weight is 431 g/mol. The van der Waals surface area contributed by atoms with Crippen LogP contribution in [-0.2, 0) is 14.3 Å². The minimum atomic E-state index is -0.670. The van der Waals surface area contributed by atoms with Gasteiger partial charge in [-0.25, -0.2) is 4.39 Å². The predicted molar refractivity (Wildman–Crippen MR) is 109 cm³/mol. The first-order chi connectivity index (χ1) is 14.5. The van der Waals surface area contributed by atoms with Gasteiger partial charge in [-0.05, 0) is 30.0 Å². The number of hydrogen-bond acceptors (Lipinski definition) is 7. The van der Waals surface area contributed by atoms with Crippen LogP contribution in [0.5, 0.6) is 0 Å². The molecule has 2 fully saturated rings. The first kappa shape index (κ1) is 20.2. The van der Waals surface area contributed by atoms with E-state index >= 15 is 0 Å². The van der Waals surface area contributed by atoms with Crippen LogP contribution in [0.25, 0.3) is 6.08 Å². The van der Waals surface area contributed by atoms with Crippen molar-refractivity contribution < 1.29 is 27.9 Å². The number of benzene rings is 1. The standard InChI is InChI=1S/C20H18FN3O5S/c21-14-3-1-2-4-15(14)22-17(25)12-24-19(26)16(30-20(24)27)11-13-5-6-18(29-13)23-7-9-28-10-8-23/h1-6,11H,7-10,12H2,(H,22,25)/b16-11-. The van der Waals surface area contributed by atoms with Crippen LogP contribution in [0.1, 0.15) is 5.76 Å². The smallest absolute Gasteiger partial charge is 0.294 e. The van der Waals surface area contributed by atoms with E-state index in [2.05, 4.69) is 5.32 Å². The van der Waals surface area contributed by atoms with Crippen molar-refractivity contribution >= 4 is 46.5 Å². The van der Waals surface area contributed by atoms with Gasteiger partial charge >= 0.3 is 0 Å². The maximum Gasteiger partial charge on any atom is 0.294 e. The number of ether oxygens (including phenoxy) is 1. The number of morpholine rings is 1. The highest BCUT2D eigenvalue weighted by Crippen LogP contribution is 2.33. The molecule has 4 rings (SSSR count). The molecule has 0 aliphatic carbocycles. The summed E-state index contributed by atoms with van der Waals surface area (Å²) in [6.45, 7) is 2.14. The van der Waals surface area contributed by atoms with Crippen molar-refractivity contribution in [3.63, 3.8) is 0 Å². The number of halogens is 1. The maximum absolute atomic E-state index is 13.7. The summed E-state index contributed by atoms with van der Waals surface area (Å²) in [7, 11) is 0. The number of amides is 3. The van der Waals surface area contributed by atoms with Crippen molar-refractivity contribution in [2.24, 2.45) is 0 Å². The number of rotatable bonds is 5. The fourth-order valence-corrected chi connectivity index (χ4v) is 3.85. The van der Waals surface area contributed by atoms with E-state index < -0.39 is 29.4 Å². The highest BCUT2D eigenvalue weighted by Gasteiger charge is 2.36. The van der Waals surface area contributed by atoms with E-state index in [0.29, 0.717) is 37.9 Å². The number of para-hydroxylation sites is 1. The van der Waals surface area contributed by atoms with E-state index in [0.717, 1.165) is 16.7 Å². The molecule has 0 bridgehead atoms. The van der Waals surface area contributed by atoms with Crippen molar-refractivity contribution in [1.82, 2.24) is 4.90 Å². The van der Waals surface area contributed by atoms with Crippen molar-refractivity contribution in [2.75, 3.05) is 43.1 Å². The van der Waals surface area contributed by atoms with Gasteiger partial charge in [0, 0.05) is 25.2 Å². The number of carbonyl (C=O) groups excluding carboxylic acids is 3. The number of anilines is 2. The topological polar surface area (TPSA) is 92.1 Å². The fourth-order valence-electron chi connectivity index (χ4n) is 3.03. The summed E-state index contributed by atoms with van der Waals surface area (Å²) in [4.78, 5) is 40.0. The molecule has 2 aliphatic rings. The Morgan fingerprint density at radius 1 is 1.17 bits per heavy atom. The average Bonchev–Trinajstić information content (AvgIpc) is 3.31. The second kappa shape index (κ2) is 8.72. The van der Waals surface area contributed by atoms with Crippen LogP contribution < -0.4 is 10.2 Å². The zero-order valence-electron chi connectivity index (χ0n) is 15.8. The molecule has 2 saturated heterocycles. The van der Waals surface area contributed by atoms with Gasteiger partial charge in [-0.1, -0.05) is 12.1 Å². The number of carbonyl (C=O) groups is 3. The van der Waals surface area contributed by atoms with Crippen LogP contribution in [0.2, 0.25) is 0 Å².